The highest BCUT2D eigenvalue weighted by Gasteiger charge is 2.27. The molecule has 1 aliphatic heterocycles. The zero-order valence-corrected chi connectivity index (χ0v) is 23.0. The predicted octanol–water partition coefficient (Wildman–Crippen LogP) is 6.38. The number of rotatable bonds is 5. The molecular formula is C24H43FN2O4S2. The minimum atomic E-state index is -0.493. The summed E-state index contributed by atoms with van der Waals surface area (Å²) in [6.45, 7) is 11.5. The molecule has 2 rings (SSSR count). The number of methoxy groups -OCH3 is 1. The van der Waals surface area contributed by atoms with Gasteiger partial charge in [0.2, 0.25) is 0 Å². The van der Waals surface area contributed by atoms with Crippen molar-refractivity contribution in [2.24, 2.45) is 0 Å². The number of hydrogen-bond acceptors (Lipinski definition) is 7. The van der Waals surface area contributed by atoms with Crippen LogP contribution in [0.5, 0.6) is 0 Å². The molecule has 1 aromatic rings. The van der Waals surface area contributed by atoms with Crippen molar-refractivity contribution in [3.05, 3.63) is 29.6 Å². The summed E-state index contributed by atoms with van der Waals surface area (Å²) in [5.74, 6) is -0.0354. The molecule has 0 spiro atoms. The molecule has 1 saturated heterocycles. The second-order valence-electron chi connectivity index (χ2n) is 8.48. The molecule has 0 saturated carbocycles. The molecule has 0 radical (unpaired) electrons. The average Bonchev–Trinajstić information content (AvgIpc) is 2.77. The van der Waals surface area contributed by atoms with Crippen LogP contribution in [0.3, 0.4) is 0 Å². The zero-order chi connectivity index (χ0) is 25.9. The van der Waals surface area contributed by atoms with Gasteiger partial charge in [-0.05, 0) is 57.2 Å². The van der Waals surface area contributed by atoms with Crippen LogP contribution in [0.25, 0.3) is 0 Å². The largest absolute Gasteiger partial charge is 0.444 e. The summed E-state index contributed by atoms with van der Waals surface area (Å²) in [6.07, 6.45) is 3.76. The molecule has 1 amide bonds. The Kier molecular flexibility index (Phi) is 20.4. The van der Waals surface area contributed by atoms with Gasteiger partial charge in [-0.25, -0.2) is 9.18 Å². The summed E-state index contributed by atoms with van der Waals surface area (Å²) < 4.78 is 23.5. The van der Waals surface area contributed by atoms with Gasteiger partial charge < -0.3 is 24.5 Å². The maximum atomic E-state index is 13.9. The van der Waals surface area contributed by atoms with Crippen molar-refractivity contribution < 1.29 is 23.5 Å². The standard InChI is InChI=1S/C19H27FN2O3.C3H8.C2H6O.H2S2/c1-19(2,3)25-18(24)22-10-7-14(8-11-22)15-5-6-16(20)17(13-15)21-9-4-12-23;2*1-3-2;1-2/h5-6,12-14,21H,4,7-11H2,1-3H3;3H2,1-2H3;1-2H3;1-2H. The Morgan fingerprint density at radius 1 is 1.21 bits per heavy atom. The van der Waals surface area contributed by atoms with E-state index in [0.717, 1.165) is 24.7 Å². The van der Waals surface area contributed by atoms with E-state index >= 15 is 0 Å². The minimum Gasteiger partial charge on any atom is -0.444 e. The maximum absolute atomic E-state index is 13.9. The maximum Gasteiger partial charge on any atom is 0.410 e. The molecule has 1 fully saturated rings. The number of nitrogens with one attached hydrogen (secondary N) is 1. The Hall–Kier alpha value is -1.45. The molecule has 6 nitrogen and oxygen atoms in total. The lowest BCUT2D eigenvalue weighted by atomic mass is 9.89. The molecule has 1 heterocycles. The highest BCUT2D eigenvalue weighted by molar-refractivity contribution is 8.59. The Bertz CT molecular complexity index is 648. The smallest absolute Gasteiger partial charge is 0.410 e. The molecule has 0 atom stereocenters. The highest BCUT2D eigenvalue weighted by atomic mass is 33.1. The number of nitrogens with zero attached hydrogens (tertiary/aromatic N) is 1. The second kappa shape index (κ2) is 20.0. The van der Waals surface area contributed by atoms with Gasteiger partial charge in [-0.3, -0.25) is 0 Å². The molecule has 0 bridgehead atoms. The van der Waals surface area contributed by atoms with E-state index in [1.165, 1.54) is 12.5 Å². The quantitative estimate of drug-likeness (QED) is 0.187. The number of aldehydes is 1. The topological polar surface area (TPSA) is 67.9 Å². The van der Waals surface area contributed by atoms with Crippen LogP contribution in [0.1, 0.15) is 71.8 Å². The van der Waals surface area contributed by atoms with Crippen molar-refractivity contribution in [1.82, 2.24) is 4.90 Å². The molecule has 1 aliphatic rings. The Morgan fingerprint density at radius 2 is 1.73 bits per heavy atom. The molecule has 1 N–H and O–H groups in total. The first-order chi connectivity index (χ1) is 15.6. The number of carbonyl (C=O) groups excluding carboxylic acids is 2. The summed E-state index contributed by atoms with van der Waals surface area (Å²) >= 11 is 6.44. The van der Waals surface area contributed by atoms with Gasteiger partial charge in [0, 0.05) is 40.3 Å². The zero-order valence-electron chi connectivity index (χ0n) is 21.2. The summed E-state index contributed by atoms with van der Waals surface area (Å²) in [4.78, 5) is 24.2. The van der Waals surface area contributed by atoms with Crippen molar-refractivity contribution >= 4 is 41.4 Å². The number of carbonyl (C=O) groups is 2. The van der Waals surface area contributed by atoms with E-state index in [0.29, 0.717) is 31.7 Å². The van der Waals surface area contributed by atoms with E-state index < -0.39 is 5.60 Å². The molecular weight excluding hydrogens is 463 g/mol. The number of piperidine rings is 1. The van der Waals surface area contributed by atoms with Crippen LogP contribution in [0, 0.1) is 5.82 Å². The van der Waals surface area contributed by atoms with Crippen molar-refractivity contribution in [3.8, 4) is 0 Å². The third kappa shape index (κ3) is 15.9. The van der Waals surface area contributed by atoms with E-state index in [2.05, 4.69) is 47.2 Å². The van der Waals surface area contributed by atoms with Gasteiger partial charge in [-0.2, -0.15) is 0 Å². The number of ether oxygens (including phenoxy) is 2. The van der Waals surface area contributed by atoms with Crippen molar-refractivity contribution in [2.75, 3.05) is 39.2 Å². The van der Waals surface area contributed by atoms with E-state index in [1.807, 2.05) is 26.8 Å². The second-order valence-corrected chi connectivity index (χ2v) is 8.48. The van der Waals surface area contributed by atoms with Gasteiger partial charge in [0.1, 0.15) is 17.7 Å². The lowest BCUT2D eigenvalue weighted by Gasteiger charge is -2.33. The SMILES string of the molecule is CC(C)(C)OC(=O)N1CCC(c2ccc(F)c(NCCC=O)c2)CC1.CCC.COC.SS. The molecule has 0 aliphatic carbocycles. The minimum absolute atomic E-state index is 0.277. The van der Waals surface area contributed by atoms with Gasteiger partial charge in [-0.1, -0.05) is 26.3 Å². The van der Waals surface area contributed by atoms with Crippen LogP contribution in [-0.4, -0.2) is 56.7 Å². The number of halogens is 1. The van der Waals surface area contributed by atoms with Crippen LogP contribution in [0.4, 0.5) is 14.9 Å². The van der Waals surface area contributed by atoms with Crippen LogP contribution < -0.4 is 5.32 Å². The van der Waals surface area contributed by atoms with Crippen LogP contribution >= 0.6 is 23.3 Å². The van der Waals surface area contributed by atoms with E-state index in [-0.39, 0.29) is 17.8 Å². The van der Waals surface area contributed by atoms with Crippen molar-refractivity contribution in [3.63, 3.8) is 0 Å². The Labute approximate surface area is 210 Å². The van der Waals surface area contributed by atoms with Crippen molar-refractivity contribution in [1.29, 1.82) is 0 Å². The third-order valence-electron chi connectivity index (χ3n) is 4.19. The lowest BCUT2D eigenvalue weighted by molar-refractivity contribution is -0.107. The Morgan fingerprint density at radius 3 is 2.18 bits per heavy atom. The number of benzene rings is 1. The van der Waals surface area contributed by atoms with Crippen molar-refractivity contribution in [2.45, 2.75) is 71.8 Å². The van der Waals surface area contributed by atoms with E-state index in [4.69, 9.17) is 4.74 Å². The lowest BCUT2D eigenvalue weighted by Crippen LogP contribution is -2.41. The number of amides is 1. The average molecular weight is 507 g/mol. The summed E-state index contributed by atoms with van der Waals surface area (Å²) in [5.41, 5.74) is 0.986. The summed E-state index contributed by atoms with van der Waals surface area (Å²) in [6, 6.07) is 5.07. The Balaban J connectivity index is 0. The normalized spacial score (nSPS) is 13.2. The van der Waals surface area contributed by atoms with Gasteiger partial charge in [0.25, 0.3) is 0 Å². The van der Waals surface area contributed by atoms with Crippen LogP contribution in [0.15, 0.2) is 18.2 Å². The first-order valence-electron chi connectivity index (χ1n) is 11.2. The predicted molar refractivity (Wildman–Crippen MR) is 142 cm³/mol. The summed E-state index contributed by atoms with van der Waals surface area (Å²) in [5, 5.41) is 2.96. The molecule has 33 heavy (non-hydrogen) atoms. The van der Waals surface area contributed by atoms with Crippen LogP contribution in [0.2, 0.25) is 0 Å². The first-order valence-corrected chi connectivity index (χ1v) is 12.8. The molecule has 0 aromatic heterocycles. The summed E-state index contributed by atoms with van der Waals surface area (Å²) in [7, 11) is 3.25. The monoisotopic (exact) mass is 506 g/mol. The number of likely N-dealkylation sites (tertiary alicyclic amines) is 1. The van der Waals surface area contributed by atoms with Gasteiger partial charge in [-0.15, -0.1) is 23.3 Å². The third-order valence-corrected chi connectivity index (χ3v) is 4.19. The van der Waals surface area contributed by atoms with Gasteiger partial charge in [0.15, 0.2) is 0 Å². The molecule has 0 unspecified atom stereocenters. The highest BCUT2D eigenvalue weighted by Crippen LogP contribution is 2.31. The van der Waals surface area contributed by atoms with Gasteiger partial charge in [0.05, 0.1) is 5.69 Å². The molecule has 1 aromatic carbocycles. The number of thiol groups is 2. The van der Waals surface area contributed by atoms with E-state index in [1.54, 1.807) is 25.2 Å². The molecule has 9 heteroatoms. The fraction of sp³-hybridized carbons (Fsp3) is 0.667. The fourth-order valence-electron chi connectivity index (χ4n) is 2.92. The van der Waals surface area contributed by atoms with Gasteiger partial charge >= 0.3 is 6.09 Å². The molecule has 192 valence electrons. The first kappa shape index (κ1) is 33.7. The van der Waals surface area contributed by atoms with Crippen LogP contribution in [-0.2, 0) is 14.3 Å². The number of anilines is 1. The fourth-order valence-corrected chi connectivity index (χ4v) is 2.92. The van der Waals surface area contributed by atoms with E-state index in [9.17, 15) is 14.0 Å². The number of hydrogen-bond donors (Lipinski definition) is 3.